The van der Waals surface area contributed by atoms with Crippen molar-refractivity contribution in [3.63, 3.8) is 0 Å². The van der Waals surface area contributed by atoms with Gasteiger partial charge in [-0.25, -0.2) is 9.69 Å². The highest BCUT2D eigenvalue weighted by Crippen LogP contribution is 2.34. The van der Waals surface area contributed by atoms with Crippen molar-refractivity contribution in [1.82, 2.24) is 4.90 Å². The second kappa shape index (κ2) is 6.18. The van der Waals surface area contributed by atoms with Crippen molar-refractivity contribution in [2.75, 3.05) is 11.4 Å². The predicted octanol–water partition coefficient (Wildman–Crippen LogP) is 2.90. The standard InChI is InChI=1S/C16H14Cl2N2O4/c1-8(21)13-14(22)19(7-9-2-3-9)16(24)20(15(13)23)12-5-10(17)4-11(18)6-12/h4-6,9,13H,2-3,7H2,1H3. The van der Waals surface area contributed by atoms with Gasteiger partial charge in [0, 0.05) is 16.6 Å². The van der Waals surface area contributed by atoms with E-state index in [9.17, 15) is 19.2 Å². The molecule has 24 heavy (non-hydrogen) atoms. The van der Waals surface area contributed by atoms with E-state index in [0.29, 0.717) is 0 Å². The lowest BCUT2D eigenvalue weighted by Crippen LogP contribution is -2.62. The molecule has 0 bridgehead atoms. The highest BCUT2D eigenvalue weighted by molar-refractivity contribution is 6.37. The molecule has 1 aromatic rings. The lowest BCUT2D eigenvalue weighted by molar-refractivity contribution is -0.145. The minimum absolute atomic E-state index is 0.141. The average molecular weight is 369 g/mol. The Labute approximate surface area is 148 Å². The van der Waals surface area contributed by atoms with E-state index >= 15 is 0 Å². The van der Waals surface area contributed by atoms with Gasteiger partial charge in [0.1, 0.15) is 0 Å². The maximum absolute atomic E-state index is 12.7. The first kappa shape index (κ1) is 16.9. The fourth-order valence-electron chi connectivity index (χ4n) is 2.68. The van der Waals surface area contributed by atoms with Crippen LogP contribution >= 0.6 is 23.2 Å². The average Bonchev–Trinajstić information content (AvgIpc) is 3.26. The Morgan fingerprint density at radius 2 is 1.67 bits per heavy atom. The third kappa shape index (κ3) is 3.03. The molecule has 1 aliphatic heterocycles. The Hall–Kier alpha value is -1.92. The minimum Gasteiger partial charge on any atom is -0.299 e. The van der Waals surface area contributed by atoms with Crippen LogP contribution in [0.4, 0.5) is 10.5 Å². The van der Waals surface area contributed by atoms with Crippen LogP contribution in [0.3, 0.4) is 0 Å². The van der Waals surface area contributed by atoms with Crippen molar-refractivity contribution >= 4 is 52.5 Å². The summed E-state index contributed by atoms with van der Waals surface area (Å²) >= 11 is 11.9. The van der Waals surface area contributed by atoms with E-state index in [4.69, 9.17) is 23.2 Å². The summed E-state index contributed by atoms with van der Waals surface area (Å²) in [5.41, 5.74) is 0.141. The second-order valence-electron chi connectivity index (χ2n) is 6.02. The number of hydrogen-bond donors (Lipinski definition) is 0. The number of carbonyl (C=O) groups is 4. The second-order valence-corrected chi connectivity index (χ2v) is 6.89. The zero-order chi connectivity index (χ0) is 17.6. The fraction of sp³-hybridized carbons (Fsp3) is 0.375. The van der Waals surface area contributed by atoms with E-state index in [1.54, 1.807) is 0 Å². The molecule has 2 aliphatic rings. The lowest BCUT2D eigenvalue weighted by Gasteiger charge is -2.36. The largest absolute Gasteiger partial charge is 0.338 e. The third-order valence-electron chi connectivity index (χ3n) is 4.05. The maximum atomic E-state index is 12.7. The molecule has 1 atom stereocenters. The predicted molar refractivity (Wildman–Crippen MR) is 88.0 cm³/mol. The summed E-state index contributed by atoms with van der Waals surface area (Å²) in [6.07, 6.45) is 1.83. The van der Waals surface area contributed by atoms with Gasteiger partial charge in [0.15, 0.2) is 11.7 Å². The fourth-order valence-corrected chi connectivity index (χ4v) is 3.19. The molecule has 0 aromatic heterocycles. The first-order chi connectivity index (χ1) is 11.3. The topological polar surface area (TPSA) is 74.8 Å². The molecule has 0 spiro atoms. The van der Waals surface area contributed by atoms with Crippen molar-refractivity contribution in [3.05, 3.63) is 28.2 Å². The number of imide groups is 2. The van der Waals surface area contributed by atoms with Crippen LogP contribution in [-0.2, 0) is 14.4 Å². The Bertz CT molecular complexity index is 740. The molecular formula is C16H14Cl2N2O4. The van der Waals surface area contributed by atoms with Crippen LogP contribution < -0.4 is 4.90 Å². The van der Waals surface area contributed by atoms with E-state index in [1.165, 1.54) is 18.2 Å². The van der Waals surface area contributed by atoms with Crippen molar-refractivity contribution in [2.45, 2.75) is 19.8 Å². The molecule has 3 rings (SSSR count). The van der Waals surface area contributed by atoms with Gasteiger partial charge in [-0.05, 0) is 43.9 Å². The van der Waals surface area contributed by atoms with Gasteiger partial charge in [0.2, 0.25) is 0 Å². The van der Waals surface area contributed by atoms with E-state index < -0.39 is 29.5 Å². The highest BCUT2D eigenvalue weighted by Gasteiger charge is 2.49. The highest BCUT2D eigenvalue weighted by atomic mass is 35.5. The molecule has 8 heteroatoms. The van der Waals surface area contributed by atoms with Gasteiger partial charge in [-0.15, -0.1) is 0 Å². The zero-order valence-electron chi connectivity index (χ0n) is 12.8. The van der Waals surface area contributed by atoms with E-state index in [1.807, 2.05) is 0 Å². The van der Waals surface area contributed by atoms with Crippen LogP contribution in [0.1, 0.15) is 19.8 Å². The quantitative estimate of drug-likeness (QED) is 0.765. The molecule has 1 unspecified atom stereocenters. The number of benzene rings is 1. The monoisotopic (exact) mass is 368 g/mol. The molecule has 1 saturated carbocycles. The van der Waals surface area contributed by atoms with E-state index in [-0.39, 0.29) is 28.2 Å². The number of rotatable bonds is 4. The number of Topliss-reactive ketones (excluding diaryl/α,β-unsaturated/α-hetero) is 1. The molecule has 2 fully saturated rings. The van der Waals surface area contributed by atoms with Crippen molar-refractivity contribution in [1.29, 1.82) is 0 Å². The van der Waals surface area contributed by atoms with Gasteiger partial charge in [0.05, 0.1) is 5.69 Å². The molecule has 6 nitrogen and oxygen atoms in total. The molecule has 1 saturated heterocycles. The first-order valence-corrected chi connectivity index (χ1v) is 8.21. The molecule has 0 N–H and O–H groups in total. The smallest absolute Gasteiger partial charge is 0.299 e. The number of nitrogens with zero attached hydrogens (tertiary/aromatic N) is 2. The van der Waals surface area contributed by atoms with Crippen LogP contribution in [-0.4, -0.2) is 35.1 Å². The Morgan fingerprint density at radius 3 is 2.17 bits per heavy atom. The van der Waals surface area contributed by atoms with Crippen molar-refractivity contribution in [2.24, 2.45) is 11.8 Å². The molecule has 1 aliphatic carbocycles. The van der Waals surface area contributed by atoms with Crippen LogP contribution in [0.2, 0.25) is 10.0 Å². The number of urea groups is 1. The summed E-state index contributed by atoms with van der Waals surface area (Å²) < 4.78 is 0. The Kier molecular flexibility index (Phi) is 4.36. The Morgan fingerprint density at radius 1 is 1.08 bits per heavy atom. The molecule has 126 valence electrons. The summed E-state index contributed by atoms with van der Waals surface area (Å²) in [7, 11) is 0. The van der Waals surface area contributed by atoms with Crippen LogP contribution in [0, 0.1) is 11.8 Å². The van der Waals surface area contributed by atoms with Gasteiger partial charge in [-0.3, -0.25) is 19.3 Å². The number of amides is 4. The minimum atomic E-state index is -1.51. The normalized spacial score (nSPS) is 21.5. The van der Waals surface area contributed by atoms with Crippen LogP contribution in [0.5, 0.6) is 0 Å². The molecule has 4 amide bonds. The van der Waals surface area contributed by atoms with Gasteiger partial charge < -0.3 is 0 Å². The number of anilines is 1. The number of carbonyl (C=O) groups excluding carboxylic acids is 4. The molecule has 0 radical (unpaired) electrons. The van der Waals surface area contributed by atoms with Crippen LogP contribution in [0.15, 0.2) is 18.2 Å². The molecular weight excluding hydrogens is 355 g/mol. The summed E-state index contributed by atoms with van der Waals surface area (Å²) in [5.74, 6) is -3.52. The number of ketones is 1. The van der Waals surface area contributed by atoms with Crippen molar-refractivity contribution < 1.29 is 19.2 Å². The van der Waals surface area contributed by atoms with Crippen LogP contribution in [0.25, 0.3) is 0 Å². The zero-order valence-corrected chi connectivity index (χ0v) is 14.3. The number of hydrogen-bond acceptors (Lipinski definition) is 4. The van der Waals surface area contributed by atoms with E-state index in [2.05, 4.69) is 0 Å². The van der Waals surface area contributed by atoms with E-state index in [0.717, 1.165) is 29.6 Å². The first-order valence-electron chi connectivity index (χ1n) is 7.45. The third-order valence-corrected chi connectivity index (χ3v) is 4.49. The van der Waals surface area contributed by atoms with Gasteiger partial charge in [0.25, 0.3) is 11.8 Å². The number of halogens is 2. The molecule has 1 heterocycles. The van der Waals surface area contributed by atoms with Gasteiger partial charge in [-0.2, -0.15) is 0 Å². The summed E-state index contributed by atoms with van der Waals surface area (Å²) in [6.45, 7) is 1.37. The summed E-state index contributed by atoms with van der Waals surface area (Å²) in [4.78, 5) is 51.4. The molecule has 1 aromatic carbocycles. The van der Waals surface area contributed by atoms with Gasteiger partial charge >= 0.3 is 6.03 Å². The van der Waals surface area contributed by atoms with Gasteiger partial charge in [-0.1, -0.05) is 23.2 Å². The lowest BCUT2D eigenvalue weighted by atomic mass is 9.98. The summed E-state index contributed by atoms with van der Waals surface area (Å²) in [5, 5.41) is 0.478. The SMILES string of the molecule is CC(=O)C1C(=O)N(CC2CC2)C(=O)N(c2cc(Cl)cc(Cl)c2)C1=O. The number of barbiturate groups is 1. The summed E-state index contributed by atoms with van der Waals surface area (Å²) in [6, 6.07) is 3.48. The Balaban J connectivity index is 2.04. The van der Waals surface area contributed by atoms with Crippen molar-refractivity contribution in [3.8, 4) is 0 Å². The maximum Gasteiger partial charge on any atom is 0.338 e.